The van der Waals surface area contributed by atoms with Gasteiger partial charge < -0.3 is 14.5 Å². The number of nitrogens with zero attached hydrogens (tertiary/aromatic N) is 1. The van der Waals surface area contributed by atoms with Crippen LogP contribution in [0.25, 0.3) is 75.0 Å². The second-order valence-corrected chi connectivity index (χ2v) is 12.0. The number of ether oxygens (including phenoxy) is 1. The number of aromatic nitrogens is 1. The maximum atomic E-state index is 6.87. The summed E-state index contributed by atoms with van der Waals surface area (Å²) in [6.07, 6.45) is -0.405. The molecule has 0 fully saturated rings. The van der Waals surface area contributed by atoms with Crippen LogP contribution in [0.3, 0.4) is 0 Å². The lowest BCUT2D eigenvalue weighted by Gasteiger charge is -2.16. The smallest absolute Gasteiger partial charge is 0.255 e. The van der Waals surface area contributed by atoms with Gasteiger partial charge in [0, 0.05) is 36.3 Å². The molecule has 1 atom stereocenters. The van der Waals surface area contributed by atoms with Gasteiger partial charge in [-0.3, -0.25) is 4.57 Å². The minimum atomic E-state index is -0.405. The summed E-state index contributed by atoms with van der Waals surface area (Å²) in [5.41, 5.74) is 7.26. The highest BCUT2D eigenvalue weighted by atomic mass is 32.1. The van der Waals surface area contributed by atoms with E-state index in [1.54, 1.807) is 0 Å². The van der Waals surface area contributed by atoms with E-state index in [1.807, 2.05) is 23.5 Å². The lowest BCUT2D eigenvalue weighted by molar-refractivity contribution is 0.195. The Morgan fingerprint density at radius 3 is 2.31 bits per heavy atom. The molecule has 1 aliphatic rings. The van der Waals surface area contributed by atoms with E-state index in [1.165, 1.54) is 36.5 Å². The van der Waals surface area contributed by atoms with E-state index in [4.69, 9.17) is 9.15 Å². The van der Waals surface area contributed by atoms with E-state index >= 15 is 0 Å². The third-order valence-electron chi connectivity index (χ3n) is 8.65. The van der Waals surface area contributed by atoms with Crippen molar-refractivity contribution in [2.24, 2.45) is 0 Å². The maximum Gasteiger partial charge on any atom is 0.255 e. The lowest BCUT2D eigenvalue weighted by Crippen LogP contribution is -2.18. The molecule has 0 amide bonds. The standard InChI is InChI=1S/C37H22N2O2S/c1-2-8-21(9-3-1)22-14-17-29-25(20-22)34-30(40-29)18-15-26-36(34)41-37(38-26)39-27-12-6-4-10-23(27)33-28(39)16-19-32-35(33)24-11-5-7-13-31(24)42-32/h1-20,37-38H. The van der Waals surface area contributed by atoms with E-state index in [0.29, 0.717) is 0 Å². The number of thiophene rings is 1. The summed E-state index contributed by atoms with van der Waals surface area (Å²) in [4.78, 5) is 0. The van der Waals surface area contributed by atoms with Crippen LogP contribution >= 0.6 is 11.3 Å². The van der Waals surface area contributed by atoms with Crippen molar-refractivity contribution in [3.63, 3.8) is 0 Å². The summed E-state index contributed by atoms with van der Waals surface area (Å²) in [6, 6.07) is 42.8. The minimum absolute atomic E-state index is 0.405. The average Bonchev–Trinajstić information content (AvgIpc) is 3.80. The summed E-state index contributed by atoms with van der Waals surface area (Å²) < 4.78 is 18.1. The number of benzene rings is 6. The molecule has 42 heavy (non-hydrogen) atoms. The first-order valence-electron chi connectivity index (χ1n) is 14.1. The Kier molecular flexibility index (Phi) is 4.35. The highest BCUT2D eigenvalue weighted by Gasteiger charge is 2.30. The monoisotopic (exact) mass is 558 g/mol. The topological polar surface area (TPSA) is 39.3 Å². The highest BCUT2D eigenvalue weighted by Crippen LogP contribution is 2.49. The first-order chi connectivity index (χ1) is 20.8. The zero-order valence-electron chi connectivity index (χ0n) is 22.3. The average molecular weight is 559 g/mol. The van der Waals surface area contributed by atoms with Crippen molar-refractivity contribution in [1.29, 1.82) is 0 Å². The van der Waals surface area contributed by atoms with Gasteiger partial charge in [0.1, 0.15) is 11.2 Å². The molecule has 0 bridgehead atoms. The normalized spacial score (nSPS) is 14.8. The Morgan fingerprint density at radius 1 is 0.571 bits per heavy atom. The number of fused-ring (bicyclic) bond motifs is 12. The van der Waals surface area contributed by atoms with Gasteiger partial charge in [-0.15, -0.1) is 11.3 Å². The molecule has 1 unspecified atom stereocenters. The van der Waals surface area contributed by atoms with Gasteiger partial charge in [-0.05, 0) is 59.7 Å². The number of hydrogen-bond acceptors (Lipinski definition) is 4. The lowest BCUT2D eigenvalue weighted by atomic mass is 10.0. The van der Waals surface area contributed by atoms with Crippen molar-refractivity contribution in [2.45, 2.75) is 6.35 Å². The predicted molar refractivity (Wildman–Crippen MR) is 175 cm³/mol. The van der Waals surface area contributed by atoms with E-state index in [-0.39, 0.29) is 0 Å². The van der Waals surface area contributed by atoms with Crippen LogP contribution in [0, 0.1) is 0 Å². The van der Waals surface area contributed by atoms with Gasteiger partial charge in [-0.2, -0.15) is 0 Å². The molecule has 0 radical (unpaired) electrons. The van der Waals surface area contributed by atoms with Gasteiger partial charge >= 0.3 is 0 Å². The first-order valence-corrected chi connectivity index (χ1v) is 14.9. The van der Waals surface area contributed by atoms with Crippen molar-refractivity contribution in [1.82, 2.24) is 4.57 Å². The molecule has 198 valence electrons. The fourth-order valence-corrected chi connectivity index (χ4v) is 7.95. The Morgan fingerprint density at radius 2 is 1.38 bits per heavy atom. The summed E-state index contributed by atoms with van der Waals surface area (Å²) >= 11 is 1.85. The zero-order chi connectivity index (χ0) is 27.4. The van der Waals surface area contributed by atoms with Gasteiger partial charge in [0.25, 0.3) is 6.35 Å². The van der Waals surface area contributed by atoms with E-state index in [0.717, 1.165) is 50.0 Å². The quantitative estimate of drug-likeness (QED) is 0.229. The largest absolute Gasteiger partial charge is 0.456 e. The van der Waals surface area contributed by atoms with Crippen LogP contribution in [0.4, 0.5) is 5.69 Å². The SMILES string of the molecule is c1ccc(-c2ccc3oc4ccc5c(c4c3c2)OC(n2c3ccccc3c3c4c(ccc32)sc2ccccc24)N5)cc1. The number of anilines is 1. The van der Waals surface area contributed by atoms with Crippen molar-refractivity contribution in [3.05, 3.63) is 121 Å². The Hall–Kier alpha value is -5.26. The van der Waals surface area contributed by atoms with Crippen molar-refractivity contribution in [2.75, 3.05) is 5.32 Å². The van der Waals surface area contributed by atoms with Gasteiger partial charge in [0.15, 0.2) is 5.75 Å². The molecule has 4 nitrogen and oxygen atoms in total. The predicted octanol–water partition coefficient (Wildman–Crippen LogP) is 10.7. The van der Waals surface area contributed by atoms with Gasteiger partial charge in [0.2, 0.25) is 0 Å². The third kappa shape index (κ3) is 2.95. The number of para-hydroxylation sites is 1. The molecule has 1 N–H and O–H groups in total. The molecular weight excluding hydrogens is 536 g/mol. The molecular formula is C37H22N2O2S. The maximum absolute atomic E-state index is 6.87. The third-order valence-corrected chi connectivity index (χ3v) is 9.79. The van der Waals surface area contributed by atoms with Gasteiger partial charge in [-0.1, -0.05) is 72.8 Å². The van der Waals surface area contributed by atoms with Crippen molar-refractivity contribution in [3.8, 4) is 16.9 Å². The number of nitrogens with one attached hydrogen (secondary N) is 1. The van der Waals surface area contributed by atoms with E-state index < -0.39 is 6.35 Å². The van der Waals surface area contributed by atoms with E-state index in [9.17, 15) is 0 Å². The van der Waals surface area contributed by atoms with Crippen LogP contribution in [0.5, 0.6) is 5.75 Å². The second kappa shape index (κ2) is 8.15. The van der Waals surface area contributed by atoms with Crippen LogP contribution in [0.1, 0.15) is 6.35 Å². The first kappa shape index (κ1) is 22.4. The highest BCUT2D eigenvalue weighted by molar-refractivity contribution is 7.26. The summed E-state index contributed by atoms with van der Waals surface area (Å²) in [7, 11) is 0. The molecule has 0 saturated heterocycles. The zero-order valence-corrected chi connectivity index (χ0v) is 23.1. The van der Waals surface area contributed by atoms with Gasteiger partial charge in [-0.25, -0.2) is 0 Å². The van der Waals surface area contributed by atoms with Crippen LogP contribution in [-0.2, 0) is 0 Å². The molecule has 10 rings (SSSR count). The summed E-state index contributed by atoms with van der Waals surface area (Å²) in [5.74, 6) is 0.828. The van der Waals surface area contributed by atoms with Crippen molar-refractivity contribution >= 4 is 80.9 Å². The molecule has 9 aromatic rings. The second-order valence-electron chi connectivity index (χ2n) is 10.9. The molecule has 4 heterocycles. The van der Waals surface area contributed by atoms with Crippen LogP contribution in [-0.4, -0.2) is 4.57 Å². The summed E-state index contributed by atoms with van der Waals surface area (Å²) in [6.45, 7) is 0. The number of hydrogen-bond donors (Lipinski definition) is 1. The van der Waals surface area contributed by atoms with Crippen LogP contribution in [0.2, 0.25) is 0 Å². The molecule has 5 heteroatoms. The molecule has 0 saturated carbocycles. The number of rotatable bonds is 2. The fraction of sp³-hybridized carbons (Fsp3) is 0.0270. The summed E-state index contributed by atoms with van der Waals surface area (Å²) in [5, 5.41) is 10.9. The Labute approximate surface area is 244 Å². The molecule has 0 spiro atoms. The minimum Gasteiger partial charge on any atom is -0.456 e. The molecule has 3 aromatic heterocycles. The Bertz CT molecular complexity index is 2540. The van der Waals surface area contributed by atoms with E-state index in [2.05, 4.69) is 119 Å². The fourth-order valence-electron chi connectivity index (χ4n) is 6.83. The number of furan rings is 1. The molecule has 6 aromatic carbocycles. The molecule has 1 aliphatic heterocycles. The van der Waals surface area contributed by atoms with Crippen LogP contribution < -0.4 is 10.1 Å². The van der Waals surface area contributed by atoms with Crippen molar-refractivity contribution < 1.29 is 9.15 Å². The van der Waals surface area contributed by atoms with Crippen LogP contribution in [0.15, 0.2) is 126 Å². The Balaban J connectivity index is 1.19. The van der Waals surface area contributed by atoms with Gasteiger partial charge in [0.05, 0.1) is 22.1 Å². The molecule has 0 aliphatic carbocycles.